The molecule has 1 amide bonds. The maximum Gasteiger partial charge on any atom is 0.433 e. The van der Waals surface area contributed by atoms with Gasteiger partial charge in [0, 0.05) is 19.8 Å². The molecular formula is C18H25F3N2O4. The molecule has 1 heterocycles. The predicted molar refractivity (Wildman–Crippen MR) is 92.1 cm³/mol. The number of halogens is 3. The maximum atomic E-state index is 12.8. The van der Waals surface area contributed by atoms with E-state index < -0.39 is 34.9 Å². The fourth-order valence-electron chi connectivity index (χ4n) is 2.58. The lowest BCUT2D eigenvalue weighted by Crippen LogP contribution is -2.48. The van der Waals surface area contributed by atoms with E-state index in [2.05, 4.69) is 4.98 Å². The Labute approximate surface area is 156 Å². The predicted octanol–water partition coefficient (Wildman–Crippen LogP) is 3.79. The topological polar surface area (TPSA) is 68.7 Å². The molecule has 1 aromatic rings. The van der Waals surface area contributed by atoms with Crippen molar-refractivity contribution < 1.29 is 32.2 Å². The number of aromatic nitrogens is 1. The first-order valence-electron chi connectivity index (χ1n) is 8.33. The van der Waals surface area contributed by atoms with Gasteiger partial charge in [-0.25, -0.2) is 4.79 Å². The molecule has 9 heteroatoms. The molecule has 6 nitrogen and oxygen atoms in total. The summed E-state index contributed by atoms with van der Waals surface area (Å²) in [4.78, 5) is 29.4. The van der Waals surface area contributed by atoms with Crippen molar-refractivity contribution in [3.05, 3.63) is 29.6 Å². The van der Waals surface area contributed by atoms with Crippen LogP contribution in [-0.4, -0.2) is 48.2 Å². The first-order valence-corrected chi connectivity index (χ1v) is 8.33. The van der Waals surface area contributed by atoms with Gasteiger partial charge >= 0.3 is 18.2 Å². The Morgan fingerprint density at radius 2 is 1.78 bits per heavy atom. The lowest BCUT2D eigenvalue weighted by molar-refractivity contribution is -0.148. The number of nitrogens with zero attached hydrogens (tertiary/aromatic N) is 2. The number of amides is 1. The van der Waals surface area contributed by atoms with Gasteiger partial charge in [-0.05, 0) is 38.8 Å². The molecule has 0 saturated heterocycles. The van der Waals surface area contributed by atoms with E-state index in [1.165, 1.54) is 25.1 Å². The van der Waals surface area contributed by atoms with Crippen molar-refractivity contribution in [3.63, 3.8) is 0 Å². The molecule has 0 aliphatic carbocycles. The zero-order chi connectivity index (χ0) is 21.0. The average molecular weight is 390 g/mol. The number of alkyl halides is 3. The number of ether oxygens (including phenoxy) is 2. The molecule has 152 valence electrons. The minimum atomic E-state index is -4.59. The summed E-state index contributed by atoms with van der Waals surface area (Å²) in [7, 11) is 2.62. The summed E-state index contributed by atoms with van der Waals surface area (Å²) >= 11 is 0. The molecule has 1 unspecified atom stereocenters. The van der Waals surface area contributed by atoms with E-state index in [1.54, 1.807) is 27.7 Å². The Morgan fingerprint density at radius 3 is 2.15 bits per heavy atom. The summed E-state index contributed by atoms with van der Waals surface area (Å²) in [6.45, 7) is 6.64. The number of likely N-dealkylation sites (N-methyl/N-ethyl adjacent to an activating group) is 1. The highest BCUT2D eigenvalue weighted by Gasteiger charge is 2.43. The van der Waals surface area contributed by atoms with Gasteiger partial charge in [-0.3, -0.25) is 9.78 Å². The number of rotatable bonds is 5. The smallest absolute Gasteiger partial charge is 0.433 e. The van der Waals surface area contributed by atoms with Crippen LogP contribution in [0.1, 0.15) is 45.4 Å². The highest BCUT2D eigenvalue weighted by Crippen LogP contribution is 2.33. The van der Waals surface area contributed by atoms with Crippen LogP contribution in [0.15, 0.2) is 18.3 Å². The Hall–Kier alpha value is -2.32. The third kappa shape index (κ3) is 5.58. The van der Waals surface area contributed by atoms with Crippen molar-refractivity contribution in [2.45, 2.75) is 51.3 Å². The maximum absolute atomic E-state index is 12.8. The van der Waals surface area contributed by atoms with Crippen LogP contribution in [0, 0.1) is 0 Å². The Kier molecular flexibility index (Phi) is 6.85. The van der Waals surface area contributed by atoms with Crippen molar-refractivity contribution in [2.24, 2.45) is 0 Å². The van der Waals surface area contributed by atoms with E-state index in [4.69, 9.17) is 9.47 Å². The molecule has 1 atom stereocenters. The second kappa shape index (κ2) is 8.14. The van der Waals surface area contributed by atoms with Crippen molar-refractivity contribution in [1.29, 1.82) is 0 Å². The summed E-state index contributed by atoms with van der Waals surface area (Å²) in [5.41, 5.74) is -2.96. The van der Waals surface area contributed by atoms with Crippen molar-refractivity contribution in [1.82, 2.24) is 9.88 Å². The molecule has 0 N–H and O–H groups in total. The van der Waals surface area contributed by atoms with Gasteiger partial charge in [0.25, 0.3) is 0 Å². The van der Waals surface area contributed by atoms with Gasteiger partial charge in [0.1, 0.15) is 16.7 Å². The van der Waals surface area contributed by atoms with Gasteiger partial charge < -0.3 is 14.4 Å². The number of pyridine rings is 1. The number of carbonyl (C=O) groups excluding carboxylic acids is 2. The summed E-state index contributed by atoms with van der Waals surface area (Å²) in [6, 6.07) is 1.98. The van der Waals surface area contributed by atoms with Gasteiger partial charge in [0.2, 0.25) is 0 Å². The molecule has 1 rings (SSSR count). The lowest BCUT2D eigenvalue weighted by Gasteiger charge is -2.34. The van der Waals surface area contributed by atoms with Crippen LogP contribution in [0.2, 0.25) is 0 Å². The fraction of sp³-hybridized carbons (Fsp3) is 0.611. The zero-order valence-corrected chi connectivity index (χ0v) is 16.3. The number of hydrogen-bond donors (Lipinski definition) is 0. The third-order valence-corrected chi connectivity index (χ3v) is 4.00. The summed E-state index contributed by atoms with van der Waals surface area (Å²) in [5, 5.41) is 0. The van der Waals surface area contributed by atoms with Crippen LogP contribution in [-0.2, 0) is 25.9 Å². The van der Waals surface area contributed by atoms with Crippen LogP contribution in [0.5, 0.6) is 0 Å². The lowest BCUT2D eigenvalue weighted by atomic mass is 9.78. The second-order valence-corrected chi connectivity index (χ2v) is 7.19. The van der Waals surface area contributed by atoms with Crippen LogP contribution in [0.4, 0.5) is 18.0 Å². The Morgan fingerprint density at radius 1 is 1.19 bits per heavy atom. The standard InChI is InChI=1S/C18H25F3N2O4/c1-7-17(14(24)26-6,11-23(5)15(25)27-16(2,3)4)12-8-9-13(22-10-12)18(19,20)21/h8-10H,7,11H2,1-6H3. The highest BCUT2D eigenvalue weighted by molar-refractivity contribution is 5.84. The third-order valence-electron chi connectivity index (χ3n) is 4.00. The molecule has 0 aromatic carbocycles. The molecule has 0 radical (unpaired) electrons. The monoisotopic (exact) mass is 390 g/mol. The average Bonchev–Trinajstić information content (AvgIpc) is 2.56. The summed E-state index contributed by atoms with van der Waals surface area (Å²) < 4.78 is 48.5. The van der Waals surface area contributed by atoms with Crippen LogP contribution in [0.3, 0.4) is 0 Å². The number of methoxy groups -OCH3 is 1. The Bertz CT molecular complexity index is 669. The van der Waals surface area contributed by atoms with Gasteiger partial charge in [0.15, 0.2) is 0 Å². The first kappa shape index (κ1) is 22.7. The molecular weight excluding hydrogens is 365 g/mol. The van der Waals surface area contributed by atoms with Crippen LogP contribution >= 0.6 is 0 Å². The molecule has 27 heavy (non-hydrogen) atoms. The van der Waals surface area contributed by atoms with Gasteiger partial charge in [-0.1, -0.05) is 13.0 Å². The molecule has 0 spiro atoms. The minimum Gasteiger partial charge on any atom is -0.468 e. The molecule has 0 saturated carbocycles. The van der Waals surface area contributed by atoms with E-state index in [-0.39, 0.29) is 18.5 Å². The fourth-order valence-corrected chi connectivity index (χ4v) is 2.58. The van der Waals surface area contributed by atoms with Crippen molar-refractivity contribution in [3.8, 4) is 0 Å². The molecule has 1 aromatic heterocycles. The van der Waals surface area contributed by atoms with Crippen molar-refractivity contribution >= 4 is 12.1 Å². The van der Waals surface area contributed by atoms with Crippen LogP contribution in [0.25, 0.3) is 0 Å². The van der Waals surface area contributed by atoms with Gasteiger partial charge in [0.05, 0.1) is 7.11 Å². The Balaban J connectivity index is 3.27. The van der Waals surface area contributed by atoms with Gasteiger partial charge in [-0.2, -0.15) is 13.2 Å². The molecule has 0 bridgehead atoms. The van der Waals surface area contributed by atoms with E-state index in [1.807, 2.05) is 0 Å². The number of hydrogen-bond acceptors (Lipinski definition) is 5. The highest BCUT2D eigenvalue weighted by atomic mass is 19.4. The van der Waals surface area contributed by atoms with E-state index in [9.17, 15) is 22.8 Å². The molecule has 0 fully saturated rings. The zero-order valence-electron chi connectivity index (χ0n) is 16.3. The second-order valence-electron chi connectivity index (χ2n) is 7.19. The summed E-state index contributed by atoms with van der Waals surface area (Å²) in [6.07, 6.45) is -4.08. The van der Waals surface area contributed by atoms with Gasteiger partial charge in [-0.15, -0.1) is 0 Å². The normalized spacial score (nSPS) is 14.3. The largest absolute Gasteiger partial charge is 0.468 e. The number of esters is 1. The SMILES string of the molecule is CCC(CN(C)C(=O)OC(C)(C)C)(C(=O)OC)c1ccc(C(F)(F)F)nc1. The van der Waals surface area contributed by atoms with Crippen LogP contribution < -0.4 is 0 Å². The number of carbonyl (C=O) groups is 2. The van der Waals surface area contributed by atoms with E-state index >= 15 is 0 Å². The van der Waals surface area contributed by atoms with E-state index in [0.29, 0.717) is 0 Å². The summed E-state index contributed by atoms with van der Waals surface area (Å²) in [5.74, 6) is -0.679. The molecule has 0 aliphatic heterocycles. The molecule has 0 aliphatic rings. The quantitative estimate of drug-likeness (QED) is 0.716. The van der Waals surface area contributed by atoms with Crippen molar-refractivity contribution in [2.75, 3.05) is 20.7 Å². The minimum absolute atomic E-state index is 0.141. The first-order chi connectivity index (χ1) is 12.3. The van der Waals surface area contributed by atoms with E-state index in [0.717, 1.165) is 12.3 Å².